The maximum Gasteiger partial charge on any atom is 0.310 e. The van der Waals surface area contributed by atoms with E-state index in [-0.39, 0.29) is 24.3 Å². The molecule has 4 nitrogen and oxygen atoms in total. The highest BCUT2D eigenvalue weighted by atomic mass is 127. The van der Waals surface area contributed by atoms with Crippen LogP contribution in [0.15, 0.2) is 6.20 Å². The molecule has 0 aliphatic carbocycles. The average Bonchev–Trinajstić information content (AvgIpc) is 2.31. The van der Waals surface area contributed by atoms with Crippen LogP contribution in [0.25, 0.3) is 0 Å². The summed E-state index contributed by atoms with van der Waals surface area (Å²) in [6, 6.07) is 1.60. The van der Waals surface area contributed by atoms with Crippen LogP contribution in [0.1, 0.15) is 30.2 Å². The van der Waals surface area contributed by atoms with Crippen LogP contribution >= 0.6 is 22.6 Å². The van der Waals surface area contributed by atoms with E-state index in [4.69, 9.17) is 10.00 Å². The first-order valence-corrected chi connectivity index (χ1v) is 6.10. The number of esters is 1. The molecule has 0 amide bonds. The highest BCUT2D eigenvalue weighted by molar-refractivity contribution is 14.1. The maximum atomic E-state index is 12.9. The van der Waals surface area contributed by atoms with E-state index < -0.39 is 18.0 Å². The molecular weight excluding hydrogens is 357 g/mol. The summed E-state index contributed by atoms with van der Waals surface area (Å²) >= 11 is 1.80. The number of ether oxygens (including phenoxy) is 1. The Bertz CT molecular complexity index is 501. The molecule has 0 bridgehead atoms. The lowest BCUT2D eigenvalue weighted by Gasteiger charge is -2.11. The molecule has 0 spiro atoms. The van der Waals surface area contributed by atoms with Gasteiger partial charge >= 0.3 is 5.97 Å². The summed E-state index contributed by atoms with van der Waals surface area (Å²) in [5.41, 5.74) is -0.738. The van der Waals surface area contributed by atoms with Gasteiger partial charge in [-0.3, -0.25) is 4.79 Å². The van der Waals surface area contributed by atoms with Gasteiger partial charge in [-0.05, 0) is 35.1 Å². The Hall–Kier alpha value is -1.30. The lowest BCUT2D eigenvalue weighted by atomic mass is 10.0. The smallest absolute Gasteiger partial charge is 0.310 e. The number of nitriles is 1. The zero-order valence-corrected chi connectivity index (χ0v) is 11.6. The molecule has 0 unspecified atom stereocenters. The molecule has 0 aromatic carbocycles. The predicted octanol–water partition coefficient (Wildman–Crippen LogP) is 2.60. The predicted molar refractivity (Wildman–Crippen MR) is 67.0 cm³/mol. The summed E-state index contributed by atoms with van der Waals surface area (Å²) < 4.78 is 31.0. The molecule has 0 saturated heterocycles. The van der Waals surface area contributed by atoms with E-state index in [0.717, 1.165) is 0 Å². The van der Waals surface area contributed by atoms with Gasteiger partial charge < -0.3 is 4.74 Å². The third-order valence-corrected chi connectivity index (χ3v) is 3.06. The van der Waals surface area contributed by atoms with Gasteiger partial charge in [-0.15, -0.1) is 0 Å². The van der Waals surface area contributed by atoms with Gasteiger partial charge in [0.05, 0.1) is 18.6 Å². The molecule has 1 heterocycles. The molecule has 0 saturated carbocycles. The minimum absolute atomic E-state index is 0.107. The summed E-state index contributed by atoms with van der Waals surface area (Å²) in [6.07, 6.45) is -1.85. The van der Waals surface area contributed by atoms with Crippen LogP contribution in [0.3, 0.4) is 0 Å². The van der Waals surface area contributed by atoms with E-state index in [1.807, 2.05) is 0 Å². The first-order valence-electron chi connectivity index (χ1n) is 5.02. The third kappa shape index (κ3) is 3.35. The van der Waals surface area contributed by atoms with Gasteiger partial charge in [0.1, 0.15) is 11.8 Å². The fraction of sp³-hybridized carbons (Fsp3) is 0.364. The van der Waals surface area contributed by atoms with Gasteiger partial charge in [0.2, 0.25) is 0 Å². The van der Waals surface area contributed by atoms with E-state index in [2.05, 4.69) is 4.98 Å². The standard InChI is InChI=1S/C11H9F2IN2O2/c1-2-18-9(17)3-6-7(14)5-16-8(4-15)10(6)11(12)13/h5,11H,2-3H2,1H3. The van der Waals surface area contributed by atoms with Gasteiger partial charge in [-0.1, -0.05) is 0 Å². The Morgan fingerprint density at radius 1 is 1.67 bits per heavy atom. The van der Waals surface area contributed by atoms with Crippen molar-refractivity contribution in [1.82, 2.24) is 4.98 Å². The molecule has 0 aliphatic heterocycles. The number of rotatable bonds is 4. The Morgan fingerprint density at radius 3 is 2.83 bits per heavy atom. The molecule has 96 valence electrons. The second kappa shape index (κ2) is 6.58. The van der Waals surface area contributed by atoms with Crippen molar-refractivity contribution in [3.63, 3.8) is 0 Å². The molecule has 0 radical (unpaired) electrons. The third-order valence-electron chi connectivity index (χ3n) is 2.13. The molecule has 7 heteroatoms. The topological polar surface area (TPSA) is 63.0 Å². The first kappa shape index (κ1) is 14.8. The summed E-state index contributed by atoms with van der Waals surface area (Å²) in [6.45, 7) is 1.81. The van der Waals surface area contributed by atoms with Crippen molar-refractivity contribution >= 4 is 28.6 Å². The monoisotopic (exact) mass is 366 g/mol. The first-order chi connectivity index (χ1) is 8.51. The zero-order valence-electron chi connectivity index (χ0n) is 9.41. The molecule has 0 fully saturated rings. The lowest BCUT2D eigenvalue weighted by molar-refractivity contribution is -0.142. The number of alkyl halides is 2. The number of nitrogens with zero attached hydrogens (tertiary/aromatic N) is 2. The van der Waals surface area contributed by atoms with Gasteiger partial charge in [-0.2, -0.15) is 5.26 Å². The quantitative estimate of drug-likeness (QED) is 0.607. The van der Waals surface area contributed by atoms with Crippen molar-refractivity contribution in [2.75, 3.05) is 6.61 Å². The summed E-state index contributed by atoms with van der Waals surface area (Å²) in [5, 5.41) is 8.76. The van der Waals surface area contributed by atoms with Gasteiger partial charge in [0.15, 0.2) is 0 Å². The molecule has 1 aromatic rings. The van der Waals surface area contributed by atoms with Crippen LogP contribution < -0.4 is 0 Å². The molecule has 0 N–H and O–H groups in total. The number of hydrogen-bond acceptors (Lipinski definition) is 4. The van der Waals surface area contributed by atoms with Crippen molar-refractivity contribution in [2.45, 2.75) is 19.8 Å². The van der Waals surface area contributed by atoms with E-state index in [0.29, 0.717) is 3.57 Å². The molecule has 0 atom stereocenters. The maximum absolute atomic E-state index is 12.9. The van der Waals surface area contributed by atoms with Crippen molar-refractivity contribution < 1.29 is 18.3 Å². The van der Waals surface area contributed by atoms with Crippen molar-refractivity contribution in [1.29, 1.82) is 5.26 Å². The Labute approximate surface area is 116 Å². The van der Waals surface area contributed by atoms with Crippen LogP contribution in [0.4, 0.5) is 8.78 Å². The van der Waals surface area contributed by atoms with Gasteiger partial charge in [0, 0.05) is 9.77 Å². The number of pyridine rings is 1. The number of carbonyl (C=O) groups is 1. The largest absolute Gasteiger partial charge is 0.466 e. The number of halogens is 3. The highest BCUT2D eigenvalue weighted by Crippen LogP contribution is 2.29. The summed E-state index contributed by atoms with van der Waals surface area (Å²) in [5.74, 6) is -0.604. The van der Waals surface area contributed by atoms with Crippen molar-refractivity contribution in [2.24, 2.45) is 0 Å². The van der Waals surface area contributed by atoms with Gasteiger partial charge in [0.25, 0.3) is 6.43 Å². The van der Waals surface area contributed by atoms with Crippen molar-refractivity contribution in [3.05, 3.63) is 26.6 Å². The minimum Gasteiger partial charge on any atom is -0.466 e. The molecule has 18 heavy (non-hydrogen) atoms. The Kier molecular flexibility index (Phi) is 5.40. The Balaban J connectivity index is 3.24. The molecule has 0 aliphatic rings. The van der Waals surface area contributed by atoms with E-state index in [9.17, 15) is 13.6 Å². The number of carbonyl (C=O) groups excluding carboxylic acids is 1. The Morgan fingerprint density at radius 2 is 2.33 bits per heavy atom. The van der Waals surface area contributed by atoms with E-state index >= 15 is 0 Å². The summed E-state index contributed by atoms with van der Waals surface area (Å²) in [4.78, 5) is 15.0. The average molecular weight is 366 g/mol. The van der Waals surface area contributed by atoms with Crippen LogP contribution in [0.2, 0.25) is 0 Å². The van der Waals surface area contributed by atoms with Gasteiger partial charge in [-0.25, -0.2) is 13.8 Å². The fourth-order valence-electron chi connectivity index (χ4n) is 1.40. The number of aromatic nitrogens is 1. The normalized spacial score (nSPS) is 10.2. The SMILES string of the molecule is CCOC(=O)Cc1c(I)cnc(C#N)c1C(F)F. The van der Waals surface area contributed by atoms with E-state index in [1.54, 1.807) is 35.6 Å². The summed E-state index contributed by atoms with van der Waals surface area (Å²) in [7, 11) is 0. The second-order valence-electron chi connectivity index (χ2n) is 3.24. The van der Waals surface area contributed by atoms with E-state index in [1.165, 1.54) is 6.20 Å². The molecule has 1 aromatic heterocycles. The highest BCUT2D eigenvalue weighted by Gasteiger charge is 2.23. The van der Waals surface area contributed by atoms with Crippen molar-refractivity contribution in [3.8, 4) is 6.07 Å². The van der Waals surface area contributed by atoms with Crippen LogP contribution in [0.5, 0.6) is 0 Å². The minimum atomic E-state index is -2.86. The fourth-order valence-corrected chi connectivity index (χ4v) is 2.02. The zero-order chi connectivity index (χ0) is 13.7. The van der Waals surface area contributed by atoms with Crippen LogP contribution in [-0.2, 0) is 16.0 Å². The molecule has 1 rings (SSSR count). The molecular formula is C11H9F2IN2O2. The lowest BCUT2D eigenvalue weighted by Crippen LogP contribution is -2.12. The number of hydrogen-bond donors (Lipinski definition) is 0. The van der Waals surface area contributed by atoms with Crippen LogP contribution in [0, 0.1) is 14.9 Å². The van der Waals surface area contributed by atoms with Crippen LogP contribution in [-0.4, -0.2) is 17.6 Å². The second-order valence-corrected chi connectivity index (χ2v) is 4.40.